The monoisotopic (exact) mass is 572 g/mol. The van der Waals surface area contributed by atoms with Crippen LogP contribution in [0.3, 0.4) is 0 Å². The van der Waals surface area contributed by atoms with E-state index in [-0.39, 0.29) is 17.4 Å². The standard InChI is InChI=1S/C30H25ClN4O4S/c1-39-27-13-12-22(31)16-25(27)34-28(36)19-40-24-11-5-10-23(17-24)33-30(38)26(15-20-7-6-14-32-18-20)35-29(37)21-8-3-2-4-9-21/h2-18H,19H2,1H3,(H,33,38)(H,34,36)(H,35,37)/b26-15-. The second-order valence-corrected chi connectivity index (χ2v) is 9.81. The van der Waals surface area contributed by atoms with Crippen LogP contribution in [0, 0.1) is 0 Å². The molecule has 0 aliphatic rings. The summed E-state index contributed by atoms with van der Waals surface area (Å²) < 4.78 is 5.27. The van der Waals surface area contributed by atoms with Crippen LogP contribution in [0.2, 0.25) is 5.02 Å². The highest BCUT2D eigenvalue weighted by Gasteiger charge is 2.16. The second-order valence-electron chi connectivity index (χ2n) is 8.33. The first kappa shape index (κ1) is 28.4. The molecule has 0 saturated carbocycles. The molecule has 1 heterocycles. The molecule has 0 bridgehead atoms. The minimum atomic E-state index is -0.513. The number of carbonyl (C=O) groups is 3. The fourth-order valence-corrected chi connectivity index (χ4v) is 4.47. The highest BCUT2D eigenvalue weighted by molar-refractivity contribution is 8.00. The summed E-state index contributed by atoms with van der Waals surface area (Å²) in [6.07, 6.45) is 4.76. The molecule has 0 unspecified atom stereocenters. The van der Waals surface area contributed by atoms with Crippen LogP contribution in [0.25, 0.3) is 6.08 Å². The van der Waals surface area contributed by atoms with E-state index in [1.54, 1.807) is 97.3 Å². The lowest BCUT2D eigenvalue weighted by Gasteiger charge is -2.12. The molecule has 4 rings (SSSR count). The van der Waals surface area contributed by atoms with Crippen molar-refractivity contribution in [3.05, 3.63) is 119 Å². The zero-order valence-corrected chi connectivity index (χ0v) is 23.0. The number of benzene rings is 3. The second kappa shape index (κ2) is 14.0. The molecule has 0 saturated heterocycles. The van der Waals surface area contributed by atoms with Gasteiger partial charge in [-0.1, -0.05) is 41.9 Å². The molecule has 3 aromatic carbocycles. The van der Waals surface area contributed by atoms with Gasteiger partial charge in [0.1, 0.15) is 11.4 Å². The van der Waals surface area contributed by atoms with Crippen molar-refractivity contribution in [2.75, 3.05) is 23.5 Å². The molecule has 0 aliphatic heterocycles. The maximum Gasteiger partial charge on any atom is 0.272 e. The Kier molecular flexibility index (Phi) is 9.93. The summed E-state index contributed by atoms with van der Waals surface area (Å²) in [6.45, 7) is 0. The van der Waals surface area contributed by atoms with Gasteiger partial charge in [0.15, 0.2) is 0 Å². The molecule has 40 heavy (non-hydrogen) atoms. The van der Waals surface area contributed by atoms with Gasteiger partial charge in [0, 0.05) is 33.6 Å². The van der Waals surface area contributed by atoms with Gasteiger partial charge in [0.2, 0.25) is 5.91 Å². The van der Waals surface area contributed by atoms with Gasteiger partial charge < -0.3 is 20.7 Å². The quantitative estimate of drug-likeness (QED) is 0.162. The number of halogens is 1. The fraction of sp³-hybridized carbons (Fsp3) is 0.0667. The van der Waals surface area contributed by atoms with E-state index in [4.69, 9.17) is 16.3 Å². The number of amides is 3. The molecule has 0 radical (unpaired) electrons. The van der Waals surface area contributed by atoms with Crippen LogP contribution in [0.4, 0.5) is 11.4 Å². The summed E-state index contributed by atoms with van der Waals surface area (Å²) >= 11 is 7.33. The summed E-state index contributed by atoms with van der Waals surface area (Å²) in [4.78, 5) is 43.4. The zero-order valence-electron chi connectivity index (χ0n) is 21.4. The average Bonchev–Trinajstić information content (AvgIpc) is 2.97. The molecule has 0 fully saturated rings. The number of pyridine rings is 1. The van der Waals surface area contributed by atoms with E-state index in [1.165, 1.54) is 18.9 Å². The van der Waals surface area contributed by atoms with Gasteiger partial charge in [-0.15, -0.1) is 11.8 Å². The minimum Gasteiger partial charge on any atom is -0.495 e. The molecule has 0 spiro atoms. The number of rotatable bonds is 10. The van der Waals surface area contributed by atoms with Crippen LogP contribution in [0.1, 0.15) is 15.9 Å². The Labute approximate surface area is 240 Å². The van der Waals surface area contributed by atoms with Gasteiger partial charge in [-0.3, -0.25) is 19.4 Å². The van der Waals surface area contributed by atoms with Crippen molar-refractivity contribution in [1.82, 2.24) is 10.3 Å². The number of nitrogens with zero attached hydrogens (tertiary/aromatic N) is 1. The van der Waals surface area contributed by atoms with E-state index in [0.717, 1.165) is 4.90 Å². The molecule has 202 valence electrons. The number of nitrogens with one attached hydrogen (secondary N) is 3. The van der Waals surface area contributed by atoms with Crippen molar-refractivity contribution in [1.29, 1.82) is 0 Å². The molecule has 10 heteroatoms. The normalized spacial score (nSPS) is 10.9. The number of ether oxygens (including phenoxy) is 1. The predicted octanol–water partition coefficient (Wildman–Crippen LogP) is 5.88. The summed E-state index contributed by atoms with van der Waals surface area (Å²) in [7, 11) is 1.51. The number of carbonyl (C=O) groups excluding carboxylic acids is 3. The third kappa shape index (κ3) is 8.20. The van der Waals surface area contributed by atoms with E-state index in [0.29, 0.717) is 33.3 Å². The zero-order chi connectivity index (χ0) is 28.3. The molecule has 0 atom stereocenters. The van der Waals surface area contributed by atoms with Crippen molar-refractivity contribution in [2.45, 2.75) is 4.90 Å². The van der Waals surface area contributed by atoms with E-state index < -0.39 is 11.8 Å². The van der Waals surface area contributed by atoms with Gasteiger partial charge in [0.25, 0.3) is 11.8 Å². The number of methoxy groups -OCH3 is 1. The lowest BCUT2D eigenvalue weighted by Crippen LogP contribution is -2.30. The first-order valence-corrected chi connectivity index (χ1v) is 13.4. The lowest BCUT2D eigenvalue weighted by molar-refractivity contribution is -0.114. The number of thioether (sulfide) groups is 1. The highest BCUT2D eigenvalue weighted by Crippen LogP contribution is 2.28. The van der Waals surface area contributed by atoms with E-state index in [1.807, 2.05) is 6.07 Å². The Balaban J connectivity index is 1.43. The molecular weight excluding hydrogens is 548 g/mol. The van der Waals surface area contributed by atoms with Gasteiger partial charge in [-0.25, -0.2) is 0 Å². The Hall–Kier alpha value is -4.60. The molecular formula is C30H25ClN4O4S. The number of hydrogen-bond acceptors (Lipinski definition) is 6. The number of aromatic nitrogens is 1. The van der Waals surface area contributed by atoms with Crippen molar-refractivity contribution < 1.29 is 19.1 Å². The van der Waals surface area contributed by atoms with Crippen LogP contribution in [0.15, 0.2) is 108 Å². The fourth-order valence-electron chi connectivity index (χ4n) is 3.55. The maximum absolute atomic E-state index is 13.2. The Bertz CT molecular complexity index is 1530. The Morgan fingerprint density at radius 3 is 2.52 bits per heavy atom. The minimum absolute atomic E-state index is 0.0507. The molecule has 4 aromatic rings. The first-order valence-electron chi connectivity index (χ1n) is 12.1. The van der Waals surface area contributed by atoms with E-state index in [9.17, 15) is 14.4 Å². The van der Waals surface area contributed by atoms with E-state index >= 15 is 0 Å². The molecule has 3 N–H and O–H groups in total. The molecule has 3 amide bonds. The topological polar surface area (TPSA) is 109 Å². The van der Waals surface area contributed by atoms with Gasteiger partial charge >= 0.3 is 0 Å². The Morgan fingerprint density at radius 1 is 0.950 bits per heavy atom. The SMILES string of the molecule is COc1ccc(Cl)cc1NC(=O)CSc1cccc(NC(=O)/C(=C/c2cccnc2)NC(=O)c2ccccc2)c1. The lowest BCUT2D eigenvalue weighted by atomic mass is 10.2. The van der Waals surface area contributed by atoms with Crippen molar-refractivity contribution in [2.24, 2.45) is 0 Å². The van der Waals surface area contributed by atoms with Gasteiger partial charge in [0.05, 0.1) is 18.6 Å². The smallest absolute Gasteiger partial charge is 0.272 e. The first-order chi connectivity index (χ1) is 19.4. The largest absolute Gasteiger partial charge is 0.495 e. The van der Waals surface area contributed by atoms with Crippen molar-refractivity contribution in [3.63, 3.8) is 0 Å². The maximum atomic E-state index is 13.2. The molecule has 0 aliphatic carbocycles. The number of hydrogen-bond donors (Lipinski definition) is 3. The van der Waals surface area contributed by atoms with Crippen LogP contribution in [-0.2, 0) is 9.59 Å². The number of anilines is 2. The summed E-state index contributed by atoms with van der Waals surface area (Å²) in [5.74, 6) is -0.558. The van der Waals surface area contributed by atoms with Crippen molar-refractivity contribution in [3.8, 4) is 5.75 Å². The van der Waals surface area contributed by atoms with Gasteiger partial charge in [-0.2, -0.15) is 0 Å². The molecule has 8 nitrogen and oxygen atoms in total. The van der Waals surface area contributed by atoms with Crippen LogP contribution >= 0.6 is 23.4 Å². The van der Waals surface area contributed by atoms with Crippen LogP contribution in [-0.4, -0.2) is 35.6 Å². The van der Waals surface area contributed by atoms with Crippen LogP contribution < -0.4 is 20.7 Å². The molecule has 1 aromatic heterocycles. The average molecular weight is 573 g/mol. The van der Waals surface area contributed by atoms with Crippen LogP contribution in [0.5, 0.6) is 5.75 Å². The summed E-state index contributed by atoms with van der Waals surface area (Å²) in [5, 5.41) is 8.79. The third-order valence-corrected chi connectivity index (χ3v) is 6.65. The summed E-state index contributed by atoms with van der Waals surface area (Å²) in [6, 6.07) is 24.2. The highest BCUT2D eigenvalue weighted by atomic mass is 35.5. The Morgan fingerprint density at radius 2 is 1.77 bits per heavy atom. The predicted molar refractivity (Wildman–Crippen MR) is 159 cm³/mol. The van der Waals surface area contributed by atoms with Crippen molar-refractivity contribution >= 4 is 58.5 Å². The van der Waals surface area contributed by atoms with Gasteiger partial charge in [-0.05, 0) is 66.2 Å². The summed E-state index contributed by atoms with van der Waals surface area (Å²) in [5.41, 5.74) is 2.09. The third-order valence-electron chi connectivity index (χ3n) is 5.42. The van der Waals surface area contributed by atoms with E-state index in [2.05, 4.69) is 20.9 Å².